The zero-order valence-corrected chi connectivity index (χ0v) is 11.6. The first-order chi connectivity index (χ1) is 9.49. The lowest BCUT2D eigenvalue weighted by Gasteiger charge is -2.08. The molecule has 5 nitrogen and oxygen atoms in total. The summed E-state index contributed by atoms with van der Waals surface area (Å²) in [5.74, 6) is -1.27. The van der Waals surface area contributed by atoms with Gasteiger partial charge in [-0.15, -0.1) is 0 Å². The van der Waals surface area contributed by atoms with Crippen molar-refractivity contribution >= 4 is 22.8 Å². The van der Waals surface area contributed by atoms with E-state index < -0.39 is 12.0 Å². The van der Waals surface area contributed by atoms with Crippen molar-refractivity contribution in [1.29, 1.82) is 0 Å². The van der Waals surface area contributed by atoms with Gasteiger partial charge in [0.2, 0.25) is 5.91 Å². The molecule has 0 saturated carbocycles. The molecule has 0 bridgehead atoms. The van der Waals surface area contributed by atoms with Crippen LogP contribution in [0.25, 0.3) is 10.9 Å². The van der Waals surface area contributed by atoms with E-state index in [9.17, 15) is 9.59 Å². The number of rotatable bonds is 5. The number of para-hydroxylation sites is 1. The molecule has 2 aromatic rings. The highest BCUT2D eigenvalue weighted by Crippen LogP contribution is 2.21. The highest BCUT2D eigenvalue weighted by molar-refractivity contribution is 5.86. The highest BCUT2D eigenvalue weighted by atomic mass is 16.4. The van der Waals surface area contributed by atoms with Gasteiger partial charge in [0.25, 0.3) is 0 Å². The van der Waals surface area contributed by atoms with Gasteiger partial charge in [0.05, 0.1) is 0 Å². The molecule has 0 unspecified atom stereocenters. The first-order valence-electron chi connectivity index (χ1n) is 6.54. The number of fused-ring (bicyclic) bond motifs is 1. The molecule has 5 heteroatoms. The van der Waals surface area contributed by atoms with Crippen LogP contribution in [0.15, 0.2) is 30.5 Å². The molecule has 2 N–H and O–H groups in total. The molecular formula is C15H18N2O3. The van der Waals surface area contributed by atoms with E-state index in [1.54, 1.807) is 0 Å². The standard InChI is InChI=1S/C15H18N2O3/c1-10(15(19)20)16-14(18)8-7-11-9-17(2)13-6-4-3-5-12(11)13/h3-6,9-10H,7-8H2,1-2H3,(H,16,18)(H,19,20)/t10-/m1/s1. The summed E-state index contributed by atoms with van der Waals surface area (Å²) in [7, 11) is 1.97. The predicted octanol–water partition coefficient (Wildman–Crippen LogP) is 1.70. The van der Waals surface area contributed by atoms with Crippen molar-refractivity contribution < 1.29 is 14.7 Å². The average molecular weight is 274 g/mol. The minimum absolute atomic E-state index is 0.243. The summed E-state index contributed by atoms with van der Waals surface area (Å²) >= 11 is 0. The van der Waals surface area contributed by atoms with E-state index in [1.807, 2.05) is 42.1 Å². The highest BCUT2D eigenvalue weighted by Gasteiger charge is 2.14. The second-order valence-corrected chi connectivity index (χ2v) is 4.91. The Labute approximate surface area is 117 Å². The van der Waals surface area contributed by atoms with Crippen LogP contribution in [0.5, 0.6) is 0 Å². The molecule has 0 aliphatic heterocycles. The lowest BCUT2D eigenvalue weighted by atomic mass is 10.1. The molecule has 0 spiro atoms. The average Bonchev–Trinajstić information content (AvgIpc) is 2.74. The van der Waals surface area contributed by atoms with E-state index in [0.717, 1.165) is 16.5 Å². The Balaban J connectivity index is 2.03. The summed E-state index contributed by atoms with van der Waals surface area (Å²) in [4.78, 5) is 22.4. The topological polar surface area (TPSA) is 71.3 Å². The van der Waals surface area contributed by atoms with Crippen molar-refractivity contribution in [2.45, 2.75) is 25.8 Å². The Hall–Kier alpha value is -2.30. The summed E-state index contributed by atoms with van der Waals surface area (Å²) < 4.78 is 2.03. The third-order valence-corrected chi connectivity index (χ3v) is 3.35. The number of nitrogens with zero attached hydrogens (tertiary/aromatic N) is 1. The molecule has 1 aromatic carbocycles. The number of carbonyl (C=O) groups is 2. The number of amides is 1. The van der Waals surface area contributed by atoms with Gasteiger partial charge in [-0.1, -0.05) is 18.2 Å². The monoisotopic (exact) mass is 274 g/mol. The van der Waals surface area contributed by atoms with Crippen LogP contribution in [0.4, 0.5) is 0 Å². The van der Waals surface area contributed by atoms with E-state index in [4.69, 9.17) is 5.11 Å². The van der Waals surface area contributed by atoms with Crippen molar-refractivity contribution in [2.24, 2.45) is 7.05 Å². The fourth-order valence-electron chi connectivity index (χ4n) is 2.25. The van der Waals surface area contributed by atoms with Crippen LogP contribution in [-0.2, 0) is 23.1 Å². The number of aromatic nitrogens is 1. The van der Waals surface area contributed by atoms with Gasteiger partial charge in [-0.25, -0.2) is 0 Å². The molecule has 0 aliphatic carbocycles. The molecule has 1 aromatic heterocycles. The second kappa shape index (κ2) is 5.77. The number of carbonyl (C=O) groups excluding carboxylic acids is 1. The molecule has 106 valence electrons. The fraction of sp³-hybridized carbons (Fsp3) is 0.333. The molecule has 0 aliphatic rings. The van der Waals surface area contributed by atoms with Crippen molar-refractivity contribution in [3.63, 3.8) is 0 Å². The fourth-order valence-corrected chi connectivity index (χ4v) is 2.25. The van der Waals surface area contributed by atoms with Gasteiger partial charge in [0, 0.05) is 30.6 Å². The number of hydrogen-bond acceptors (Lipinski definition) is 2. The summed E-state index contributed by atoms with van der Waals surface area (Å²) in [6.45, 7) is 1.46. The first-order valence-corrected chi connectivity index (χ1v) is 6.54. The van der Waals surface area contributed by atoms with Gasteiger partial charge in [-0.3, -0.25) is 9.59 Å². The minimum atomic E-state index is -1.02. The summed E-state index contributed by atoms with van der Waals surface area (Å²) in [5, 5.41) is 12.3. The molecule has 1 amide bonds. The maximum absolute atomic E-state index is 11.7. The second-order valence-electron chi connectivity index (χ2n) is 4.91. The lowest BCUT2D eigenvalue weighted by molar-refractivity contribution is -0.141. The third-order valence-electron chi connectivity index (χ3n) is 3.35. The molecule has 2 rings (SSSR count). The smallest absolute Gasteiger partial charge is 0.325 e. The van der Waals surface area contributed by atoms with Crippen molar-refractivity contribution in [3.05, 3.63) is 36.0 Å². The number of aliphatic carboxylic acids is 1. The number of hydrogen-bond donors (Lipinski definition) is 2. The molecule has 20 heavy (non-hydrogen) atoms. The quantitative estimate of drug-likeness (QED) is 0.871. The molecule has 1 atom stereocenters. The van der Waals surface area contributed by atoms with Crippen LogP contribution < -0.4 is 5.32 Å². The van der Waals surface area contributed by atoms with Crippen LogP contribution in [0.1, 0.15) is 18.9 Å². The molecule has 0 fully saturated rings. The SMILES string of the molecule is C[C@@H](NC(=O)CCc1cn(C)c2ccccc12)C(=O)O. The minimum Gasteiger partial charge on any atom is -0.480 e. The normalized spacial score (nSPS) is 12.3. The van der Waals surface area contributed by atoms with Gasteiger partial charge >= 0.3 is 5.97 Å². The zero-order valence-electron chi connectivity index (χ0n) is 11.6. The third kappa shape index (κ3) is 2.99. The molecule has 0 saturated heterocycles. The molecular weight excluding hydrogens is 256 g/mol. The Kier molecular flexibility index (Phi) is 4.08. The van der Waals surface area contributed by atoms with Crippen LogP contribution >= 0.6 is 0 Å². The summed E-state index contributed by atoms with van der Waals surface area (Å²) in [5.41, 5.74) is 2.23. The Bertz CT molecular complexity index is 646. The Morgan fingerprint density at radius 1 is 1.35 bits per heavy atom. The Morgan fingerprint density at radius 3 is 2.75 bits per heavy atom. The van der Waals surface area contributed by atoms with E-state index in [0.29, 0.717) is 6.42 Å². The Morgan fingerprint density at radius 2 is 2.05 bits per heavy atom. The lowest BCUT2D eigenvalue weighted by Crippen LogP contribution is -2.38. The summed E-state index contributed by atoms with van der Waals surface area (Å²) in [6, 6.07) is 7.16. The van der Waals surface area contributed by atoms with Crippen molar-refractivity contribution in [2.75, 3.05) is 0 Å². The van der Waals surface area contributed by atoms with Crippen molar-refractivity contribution in [3.8, 4) is 0 Å². The largest absolute Gasteiger partial charge is 0.480 e. The molecule has 1 heterocycles. The zero-order chi connectivity index (χ0) is 14.7. The van der Waals surface area contributed by atoms with Gasteiger partial charge in [0.15, 0.2) is 0 Å². The predicted molar refractivity (Wildman–Crippen MR) is 76.5 cm³/mol. The molecule has 0 radical (unpaired) electrons. The van der Waals surface area contributed by atoms with Gasteiger partial charge in [-0.2, -0.15) is 0 Å². The first kappa shape index (κ1) is 14.1. The number of carboxylic acids is 1. The van der Waals surface area contributed by atoms with E-state index in [2.05, 4.69) is 5.32 Å². The summed E-state index contributed by atoms with van der Waals surface area (Å²) in [6.07, 6.45) is 2.89. The van der Waals surface area contributed by atoms with Gasteiger partial charge in [-0.05, 0) is 25.0 Å². The van der Waals surface area contributed by atoms with Gasteiger partial charge < -0.3 is 15.0 Å². The van der Waals surface area contributed by atoms with Gasteiger partial charge in [0.1, 0.15) is 6.04 Å². The van der Waals surface area contributed by atoms with Crippen LogP contribution in [0.2, 0.25) is 0 Å². The van der Waals surface area contributed by atoms with E-state index in [1.165, 1.54) is 6.92 Å². The van der Waals surface area contributed by atoms with Crippen molar-refractivity contribution in [1.82, 2.24) is 9.88 Å². The van der Waals surface area contributed by atoms with Crippen LogP contribution in [0.3, 0.4) is 0 Å². The number of aryl methyl sites for hydroxylation is 2. The number of carboxylic acid groups (broad SMARTS) is 1. The van der Waals surface area contributed by atoms with E-state index >= 15 is 0 Å². The maximum Gasteiger partial charge on any atom is 0.325 e. The number of nitrogens with one attached hydrogen (secondary N) is 1. The number of benzene rings is 1. The maximum atomic E-state index is 11.7. The van der Waals surface area contributed by atoms with Crippen LogP contribution in [-0.4, -0.2) is 27.6 Å². The van der Waals surface area contributed by atoms with E-state index in [-0.39, 0.29) is 12.3 Å². The van der Waals surface area contributed by atoms with Crippen LogP contribution in [0, 0.1) is 0 Å².